The van der Waals surface area contributed by atoms with Crippen molar-refractivity contribution in [2.24, 2.45) is 28.9 Å². The van der Waals surface area contributed by atoms with E-state index in [0.717, 1.165) is 32.1 Å². The quantitative estimate of drug-likeness (QED) is 0.656. The van der Waals surface area contributed by atoms with Crippen molar-refractivity contribution < 1.29 is 19.5 Å². The molecule has 5 rings (SSSR count). The molecule has 3 amide bonds. The molecule has 4 bridgehead atoms. The Morgan fingerprint density at radius 3 is 2.11 bits per heavy atom. The summed E-state index contributed by atoms with van der Waals surface area (Å²) in [5.74, 6) is 1.08. The summed E-state index contributed by atoms with van der Waals surface area (Å²) in [5, 5.41) is 12.5. The molecule has 2 atom stereocenters. The highest BCUT2D eigenvalue weighted by molar-refractivity contribution is 5.86. The first kappa shape index (κ1) is 19.5. The lowest BCUT2D eigenvalue weighted by Crippen LogP contribution is -2.66. The number of nitrogens with zero attached hydrogens (tertiary/aromatic N) is 2. The minimum Gasteiger partial charge on any atom is -0.465 e. The summed E-state index contributed by atoms with van der Waals surface area (Å²) in [6, 6.07) is 0.121. The van der Waals surface area contributed by atoms with E-state index in [1.807, 2.05) is 13.8 Å². The summed E-state index contributed by atoms with van der Waals surface area (Å²) in [5.41, 5.74) is 4.72. The minimum absolute atomic E-state index is 0.00173. The van der Waals surface area contributed by atoms with Gasteiger partial charge in [-0.3, -0.25) is 14.5 Å². The third-order valence-electron chi connectivity index (χ3n) is 7.99. The maximum atomic E-state index is 13.2. The van der Waals surface area contributed by atoms with Gasteiger partial charge in [0, 0.05) is 37.6 Å². The van der Waals surface area contributed by atoms with Crippen LogP contribution < -0.4 is 11.1 Å². The maximum absolute atomic E-state index is 13.2. The van der Waals surface area contributed by atoms with Gasteiger partial charge in [-0.05, 0) is 63.7 Å². The Hall–Kier alpha value is -1.83. The third-order valence-corrected chi connectivity index (χ3v) is 7.99. The molecule has 28 heavy (non-hydrogen) atoms. The summed E-state index contributed by atoms with van der Waals surface area (Å²) >= 11 is 0. The highest BCUT2D eigenvalue weighted by Gasteiger charge is 2.58. The van der Waals surface area contributed by atoms with E-state index in [0.29, 0.717) is 43.9 Å². The first-order valence-corrected chi connectivity index (χ1v) is 10.5. The van der Waals surface area contributed by atoms with Gasteiger partial charge in [-0.1, -0.05) is 0 Å². The third kappa shape index (κ3) is 3.06. The molecule has 0 aromatic carbocycles. The normalized spacial score (nSPS) is 37.7. The molecule has 4 aliphatic carbocycles. The highest BCUT2D eigenvalue weighted by atomic mass is 16.4. The number of piperazine rings is 1. The van der Waals surface area contributed by atoms with E-state index in [4.69, 9.17) is 10.8 Å². The molecule has 0 radical (unpaired) electrons. The standard InChI is InChI=1S/C20H32N4O4/c1-19(2,24-5-3-23(4-6-24)18(27)28)17(26)22-15-13-7-12-8-14(15)11-20(9-12,10-13)16(21)25/h12-15H,3-11H2,1-2H3,(H2,21,25)(H,22,26)(H,27,28). The molecule has 156 valence electrons. The summed E-state index contributed by atoms with van der Waals surface area (Å²) in [7, 11) is 0. The van der Waals surface area contributed by atoms with E-state index in [2.05, 4.69) is 10.2 Å². The molecule has 4 saturated carbocycles. The summed E-state index contributed by atoms with van der Waals surface area (Å²) in [4.78, 5) is 39.9. The zero-order chi connectivity index (χ0) is 20.3. The molecule has 0 aromatic heterocycles. The Balaban J connectivity index is 1.41. The topological polar surface area (TPSA) is 116 Å². The monoisotopic (exact) mass is 392 g/mol. The average Bonchev–Trinajstić information content (AvgIpc) is 2.63. The smallest absolute Gasteiger partial charge is 0.407 e. The van der Waals surface area contributed by atoms with Crippen LogP contribution in [0.3, 0.4) is 0 Å². The summed E-state index contributed by atoms with van der Waals surface area (Å²) in [6.07, 6.45) is 3.78. The molecule has 0 aromatic rings. The lowest BCUT2D eigenvalue weighted by molar-refractivity contribution is -0.149. The zero-order valence-corrected chi connectivity index (χ0v) is 16.8. The molecule has 1 heterocycles. The molecule has 4 N–H and O–H groups in total. The van der Waals surface area contributed by atoms with Crippen molar-refractivity contribution in [3.63, 3.8) is 0 Å². The molecule has 1 saturated heterocycles. The van der Waals surface area contributed by atoms with Crippen molar-refractivity contribution in [1.82, 2.24) is 15.1 Å². The van der Waals surface area contributed by atoms with Crippen molar-refractivity contribution in [3.05, 3.63) is 0 Å². The van der Waals surface area contributed by atoms with Crippen LogP contribution in [0, 0.1) is 23.2 Å². The number of primary amides is 1. The number of hydrogen-bond acceptors (Lipinski definition) is 4. The van der Waals surface area contributed by atoms with Crippen LogP contribution in [0.5, 0.6) is 0 Å². The van der Waals surface area contributed by atoms with Gasteiger partial charge in [0.25, 0.3) is 0 Å². The van der Waals surface area contributed by atoms with Gasteiger partial charge in [0.05, 0.1) is 5.54 Å². The van der Waals surface area contributed by atoms with Crippen LogP contribution in [0.15, 0.2) is 0 Å². The second-order valence-electron chi connectivity index (χ2n) is 9.93. The van der Waals surface area contributed by atoms with Crippen molar-refractivity contribution in [2.75, 3.05) is 26.2 Å². The minimum atomic E-state index is -0.904. The Bertz CT molecular complexity index is 670. The lowest BCUT2D eigenvalue weighted by atomic mass is 9.47. The van der Waals surface area contributed by atoms with Crippen LogP contribution in [-0.4, -0.2) is 70.6 Å². The van der Waals surface area contributed by atoms with E-state index < -0.39 is 11.6 Å². The molecule has 0 spiro atoms. The van der Waals surface area contributed by atoms with Crippen molar-refractivity contribution in [2.45, 2.75) is 57.5 Å². The molecule has 1 aliphatic heterocycles. The first-order valence-electron chi connectivity index (χ1n) is 10.5. The van der Waals surface area contributed by atoms with Crippen LogP contribution in [0.4, 0.5) is 4.79 Å². The Morgan fingerprint density at radius 2 is 1.61 bits per heavy atom. The largest absolute Gasteiger partial charge is 0.465 e. The molecular formula is C20H32N4O4. The molecule has 2 unspecified atom stereocenters. The fraction of sp³-hybridized carbons (Fsp3) is 0.850. The van der Waals surface area contributed by atoms with Gasteiger partial charge in [-0.2, -0.15) is 0 Å². The van der Waals surface area contributed by atoms with Crippen LogP contribution in [0.25, 0.3) is 0 Å². The van der Waals surface area contributed by atoms with Gasteiger partial charge < -0.3 is 21.1 Å². The van der Waals surface area contributed by atoms with E-state index in [1.165, 1.54) is 4.90 Å². The molecule has 8 heteroatoms. The number of amides is 3. The maximum Gasteiger partial charge on any atom is 0.407 e. The number of hydrogen-bond donors (Lipinski definition) is 3. The SMILES string of the molecule is CC(C)(C(=O)NC1C2CC3CC1CC(C(N)=O)(C3)C2)N1CCN(C(=O)O)CC1. The predicted octanol–water partition coefficient (Wildman–Crippen LogP) is 0.857. The number of carboxylic acid groups (broad SMARTS) is 1. The molecular weight excluding hydrogens is 360 g/mol. The molecule has 5 fully saturated rings. The number of carbonyl (C=O) groups is 3. The van der Waals surface area contributed by atoms with Crippen LogP contribution >= 0.6 is 0 Å². The van der Waals surface area contributed by atoms with Crippen molar-refractivity contribution in [3.8, 4) is 0 Å². The van der Waals surface area contributed by atoms with E-state index in [1.54, 1.807) is 0 Å². The summed E-state index contributed by atoms with van der Waals surface area (Å²) in [6.45, 7) is 5.78. The van der Waals surface area contributed by atoms with E-state index in [-0.39, 0.29) is 23.3 Å². The number of nitrogens with one attached hydrogen (secondary N) is 1. The fourth-order valence-electron chi connectivity index (χ4n) is 6.49. The lowest BCUT2D eigenvalue weighted by Gasteiger charge is -2.59. The number of nitrogens with two attached hydrogens (primary N) is 1. The summed E-state index contributed by atoms with van der Waals surface area (Å²) < 4.78 is 0. The Kier molecular flexibility index (Phi) is 4.60. The van der Waals surface area contributed by atoms with Gasteiger partial charge in [-0.15, -0.1) is 0 Å². The molecule has 5 aliphatic rings. The van der Waals surface area contributed by atoms with Gasteiger partial charge >= 0.3 is 6.09 Å². The van der Waals surface area contributed by atoms with Crippen LogP contribution in [0.2, 0.25) is 0 Å². The predicted molar refractivity (Wildman–Crippen MR) is 102 cm³/mol. The second kappa shape index (κ2) is 6.61. The zero-order valence-electron chi connectivity index (χ0n) is 16.8. The Morgan fingerprint density at radius 1 is 1.04 bits per heavy atom. The van der Waals surface area contributed by atoms with Gasteiger partial charge in [-0.25, -0.2) is 4.79 Å². The van der Waals surface area contributed by atoms with E-state index >= 15 is 0 Å². The fourth-order valence-corrected chi connectivity index (χ4v) is 6.49. The number of rotatable bonds is 4. The van der Waals surface area contributed by atoms with Crippen LogP contribution in [0.1, 0.15) is 46.0 Å². The van der Waals surface area contributed by atoms with Crippen LogP contribution in [-0.2, 0) is 9.59 Å². The van der Waals surface area contributed by atoms with Gasteiger partial charge in [0.15, 0.2) is 0 Å². The Labute approximate surface area is 165 Å². The van der Waals surface area contributed by atoms with Gasteiger partial charge in [0.2, 0.25) is 11.8 Å². The highest BCUT2D eigenvalue weighted by Crippen LogP contribution is 2.59. The second-order valence-corrected chi connectivity index (χ2v) is 9.93. The first-order chi connectivity index (χ1) is 13.1. The van der Waals surface area contributed by atoms with E-state index in [9.17, 15) is 14.4 Å². The molecule has 8 nitrogen and oxygen atoms in total. The van der Waals surface area contributed by atoms with Gasteiger partial charge in [0.1, 0.15) is 0 Å². The van der Waals surface area contributed by atoms with Crippen molar-refractivity contribution in [1.29, 1.82) is 0 Å². The average molecular weight is 393 g/mol. The number of carbonyl (C=O) groups excluding carboxylic acids is 2. The van der Waals surface area contributed by atoms with Crippen molar-refractivity contribution >= 4 is 17.9 Å².